The third-order valence-electron chi connectivity index (χ3n) is 3.77. The number of phenolic OH excluding ortho intramolecular Hbond substituents is 1. The van der Waals surface area contributed by atoms with Crippen LogP contribution in [0.25, 0.3) is 6.08 Å². The van der Waals surface area contributed by atoms with Crippen LogP contribution in [0.4, 0.5) is 0 Å². The molecule has 0 amide bonds. The number of imidazole rings is 1. The van der Waals surface area contributed by atoms with Crippen molar-refractivity contribution in [3.63, 3.8) is 0 Å². The van der Waals surface area contributed by atoms with Crippen LogP contribution >= 0.6 is 0 Å². The van der Waals surface area contributed by atoms with Crippen molar-refractivity contribution in [2.45, 2.75) is 6.54 Å². The van der Waals surface area contributed by atoms with E-state index >= 15 is 0 Å². The fourth-order valence-corrected chi connectivity index (χ4v) is 2.48. The molecule has 0 aliphatic rings. The Kier molecular flexibility index (Phi) is 4.95. The molecule has 1 N–H and O–H groups in total. The summed E-state index contributed by atoms with van der Waals surface area (Å²) in [4.78, 5) is 16.4. The highest BCUT2D eigenvalue weighted by Crippen LogP contribution is 2.21. The van der Waals surface area contributed by atoms with E-state index in [1.807, 2.05) is 35.0 Å². The van der Waals surface area contributed by atoms with Crippen LogP contribution in [0, 0.1) is 0 Å². The summed E-state index contributed by atoms with van der Waals surface area (Å²) in [6, 6.07) is 12.4. The molecule has 1 heterocycles. The Morgan fingerprint density at radius 3 is 2.92 bits per heavy atom. The number of allylic oxidation sites excluding steroid dienone is 1. The Hall–Kier alpha value is -3.34. The molecule has 0 fully saturated rings. The molecule has 5 heteroatoms. The lowest BCUT2D eigenvalue weighted by molar-refractivity contribution is 0.104. The summed E-state index contributed by atoms with van der Waals surface area (Å²) in [5, 5.41) is 10.0. The first-order valence-electron chi connectivity index (χ1n) is 7.80. The topological polar surface area (TPSA) is 64.4 Å². The van der Waals surface area contributed by atoms with Gasteiger partial charge in [0.2, 0.25) is 0 Å². The average molecular weight is 334 g/mol. The summed E-state index contributed by atoms with van der Waals surface area (Å²) >= 11 is 0. The van der Waals surface area contributed by atoms with Gasteiger partial charge >= 0.3 is 0 Å². The molecule has 2 aromatic carbocycles. The van der Waals surface area contributed by atoms with Gasteiger partial charge in [0.1, 0.15) is 11.5 Å². The second-order valence-corrected chi connectivity index (χ2v) is 5.56. The molecular weight excluding hydrogens is 316 g/mol. The number of ether oxygens (including phenoxy) is 1. The molecule has 25 heavy (non-hydrogen) atoms. The van der Waals surface area contributed by atoms with Crippen LogP contribution in [0.15, 0.2) is 67.3 Å². The van der Waals surface area contributed by atoms with Gasteiger partial charge in [-0.1, -0.05) is 24.3 Å². The second kappa shape index (κ2) is 7.49. The first-order chi connectivity index (χ1) is 12.2. The standard InChI is InChI=1S/C20H18N2O3/c1-25-17-4-2-3-15(11-17)5-7-19(23)18-12-16(6-8-20(18)24)13-22-10-9-21-14-22/h2-12,14,24H,13H2,1H3/b7-5+. The summed E-state index contributed by atoms with van der Waals surface area (Å²) in [7, 11) is 1.60. The third-order valence-corrected chi connectivity index (χ3v) is 3.77. The summed E-state index contributed by atoms with van der Waals surface area (Å²) in [5.41, 5.74) is 2.03. The number of aromatic hydroxyl groups is 1. The molecule has 0 atom stereocenters. The maximum atomic E-state index is 12.5. The van der Waals surface area contributed by atoms with Crippen molar-refractivity contribution in [2.75, 3.05) is 7.11 Å². The van der Waals surface area contributed by atoms with E-state index in [0.717, 1.165) is 16.9 Å². The monoisotopic (exact) mass is 334 g/mol. The van der Waals surface area contributed by atoms with E-state index in [4.69, 9.17) is 4.74 Å². The quantitative estimate of drug-likeness (QED) is 0.553. The first kappa shape index (κ1) is 16.5. The molecule has 0 aliphatic heterocycles. The Balaban J connectivity index is 1.79. The molecule has 1 aromatic heterocycles. The van der Waals surface area contributed by atoms with E-state index in [9.17, 15) is 9.90 Å². The number of carbonyl (C=O) groups excluding carboxylic acids is 1. The summed E-state index contributed by atoms with van der Waals surface area (Å²) < 4.78 is 7.06. The van der Waals surface area contributed by atoms with Crippen molar-refractivity contribution in [2.24, 2.45) is 0 Å². The minimum Gasteiger partial charge on any atom is -0.507 e. The van der Waals surface area contributed by atoms with Gasteiger partial charge in [-0.2, -0.15) is 0 Å². The summed E-state index contributed by atoms with van der Waals surface area (Å²) in [5.74, 6) is 0.433. The highest BCUT2D eigenvalue weighted by molar-refractivity contribution is 6.08. The number of hydrogen-bond acceptors (Lipinski definition) is 4. The molecule has 0 radical (unpaired) electrons. The minimum atomic E-state index is -0.257. The van der Waals surface area contributed by atoms with Gasteiger partial charge in [-0.05, 0) is 41.5 Å². The number of aromatic nitrogens is 2. The van der Waals surface area contributed by atoms with Crippen molar-refractivity contribution in [1.29, 1.82) is 0 Å². The van der Waals surface area contributed by atoms with E-state index in [2.05, 4.69) is 4.98 Å². The number of benzene rings is 2. The molecule has 5 nitrogen and oxygen atoms in total. The van der Waals surface area contributed by atoms with Gasteiger partial charge < -0.3 is 14.4 Å². The van der Waals surface area contributed by atoms with Crippen LogP contribution in [0.5, 0.6) is 11.5 Å². The Morgan fingerprint density at radius 2 is 2.16 bits per heavy atom. The van der Waals surface area contributed by atoms with Gasteiger partial charge in [0.25, 0.3) is 0 Å². The average Bonchev–Trinajstić information content (AvgIpc) is 3.14. The summed E-state index contributed by atoms with van der Waals surface area (Å²) in [6.07, 6.45) is 8.40. The van der Waals surface area contributed by atoms with Crippen molar-refractivity contribution in [3.8, 4) is 11.5 Å². The zero-order valence-corrected chi connectivity index (χ0v) is 13.8. The van der Waals surface area contributed by atoms with Crippen LogP contribution in [-0.4, -0.2) is 27.6 Å². The van der Waals surface area contributed by atoms with Crippen molar-refractivity contribution < 1.29 is 14.6 Å². The predicted molar refractivity (Wildman–Crippen MR) is 95.8 cm³/mol. The van der Waals surface area contributed by atoms with E-state index in [0.29, 0.717) is 6.54 Å². The SMILES string of the molecule is COc1cccc(/C=C/C(=O)c2cc(Cn3ccnc3)ccc2O)c1. The van der Waals surface area contributed by atoms with E-state index in [-0.39, 0.29) is 17.1 Å². The molecule has 0 saturated heterocycles. The molecule has 0 aliphatic carbocycles. The molecule has 3 aromatic rings. The largest absolute Gasteiger partial charge is 0.507 e. The lowest BCUT2D eigenvalue weighted by atomic mass is 10.0. The Bertz CT molecular complexity index is 899. The van der Waals surface area contributed by atoms with Crippen LogP contribution in [0.2, 0.25) is 0 Å². The lowest BCUT2D eigenvalue weighted by Gasteiger charge is -2.06. The second-order valence-electron chi connectivity index (χ2n) is 5.56. The normalized spacial score (nSPS) is 10.9. The molecule has 0 saturated carbocycles. The summed E-state index contributed by atoms with van der Waals surface area (Å²) in [6.45, 7) is 0.583. The molecule has 126 valence electrons. The number of methoxy groups -OCH3 is 1. The van der Waals surface area contributed by atoms with E-state index in [1.165, 1.54) is 6.08 Å². The van der Waals surface area contributed by atoms with Gasteiger partial charge in [-0.25, -0.2) is 4.98 Å². The zero-order valence-electron chi connectivity index (χ0n) is 13.8. The van der Waals surface area contributed by atoms with Crippen molar-refractivity contribution in [3.05, 3.63) is 84.0 Å². The Labute approximate surface area is 145 Å². The molecule has 0 spiro atoms. The van der Waals surface area contributed by atoms with E-state index in [1.54, 1.807) is 43.9 Å². The number of hydrogen-bond donors (Lipinski definition) is 1. The van der Waals surface area contributed by atoms with Crippen LogP contribution in [0.1, 0.15) is 21.5 Å². The number of nitrogens with zero attached hydrogens (tertiary/aromatic N) is 2. The number of carbonyl (C=O) groups is 1. The highest BCUT2D eigenvalue weighted by Gasteiger charge is 2.10. The molecule has 0 unspecified atom stereocenters. The molecule has 3 rings (SSSR count). The van der Waals surface area contributed by atoms with Gasteiger partial charge in [0.15, 0.2) is 5.78 Å². The fourth-order valence-electron chi connectivity index (χ4n) is 2.48. The molecule has 0 bridgehead atoms. The zero-order chi connectivity index (χ0) is 17.6. The van der Waals surface area contributed by atoms with Gasteiger partial charge in [-0.3, -0.25) is 4.79 Å². The smallest absolute Gasteiger partial charge is 0.189 e. The van der Waals surface area contributed by atoms with Gasteiger partial charge in [0, 0.05) is 18.9 Å². The maximum Gasteiger partial charge on any atom is 0.189 e. The number of ketones is 1. The molecular formula is C20H18N2O3. The van der Waals surface area contributed by atoms with Crippen molar-refractivity contribution >= 4 is 11.9 Å². The van der Waals surface area contributed by atoms with E-state index < -0.39 is 0 Å². The number of phenols is 1. The minimum absolute atomic E-state index is 0.0327. The first-order valence-corrected chi connectivity index (χ1v) is 7.80. The van der Waals surface area contributed by atoms with Crippen LogP contribution in [-0.2, 0) is 6.54 Å². The Morgan fingerprint density at radius 1 is 1.28 bits per heavy atom. The van der Waals surface area contributed by atoms with Gasteiger partial charge in [0.05, 0.1) is 19.0 Å². The highest BCUT2D eigenvalue weighted by atomic mass is 16.5. The fraction of sp³-hybridized carbons (Fsp3) is 0.100. The predicted octanol–water partition coefficient (Wildman–Crippen LogP) is 3.54. The van der Waals surface area contributed by atoms with Gasteiger partial charge in [-0.15, -0.1) is 0 Å². The lowest BCUT2D eigenvalue weighted by Crippen LogP contribution is -2.00. The van der Waals surface area contributed by atoms with Crippen LogP contribution in [0.3, 0.4) is 0 Å². The van der Waals surface area contributed by atoms with Crippen molar-refractivity contribution in [1.82, 2.24) is 9.55 Å². The number of rotatable bonds is 6. The third kappa shape index (κ3) is 4.14. The van der Waals surface area contributed by atoms with Crippen LogP contribution < -0.4 is 4.74 Å². The maximum absolute atomic E-state index is 12.5.